The fraction of sp³-hybridized carbons (Fsp3) is 0.125. The van der Waals surface area contributed by atoms with E-state index in [4.69, 9.17) is 4.74 Å². The zero-order valence-electron chi connectivity index (χ0n) is 11.2. The van der Waals surface area contributed by atoms with Crippen molar-refractivity contribution in [2.75, 3.05) is 7.05 Å². The van der Waals surface area contributed by atoms with Crippen molar-refractivity contribution in [3.05, 3.63) is 60.6 Å². The maximum Gasteiger partial charge on any atom is 0.134 e. The molecule has 0 radical (unpaired) electrons. The molecule has 0 amide bonds. The number of hydrogen-bond donors (Lipinski definition) is 1. The lowest BCUT2D eigenvalue weighted by Crippen LogP contribution is -2.06. The van der Waals surface area contributed by atoms with Crippen molar-refractivity contribution in [1.82, 2.24) is 15.3 Å². The average molecular weight is 265 g/mol. The molecule has 100 valence electrons. The molecular formula is C16H15N3O. The Labute approximate surface area is 117 Å². The van der Waals surface area contributed by atoms with Gasteiger partial charge in [0.1, 0.15) is 11.5 Å². The molecule has 0 saturated carbocycles. The molecule has 0 saturated heterocycles. The highest BCUT2D eigenvalue weighted by molar-refractivity contribution is 5.79. The van der Waals surface area contributed by atoms with E-state index < -0.39 is 0 Å². The minimum Gasteiger partial charge on any atom is -0.457 e. The SMILES string of the molecule is CNCc1cnccc1Oc1ccc2cccnc2c1. The number of nitrogens with zero attached hydrogens (tertiary/aromatic N) is 2. The van der Waals surface area contributed by atoms with Gasteiger partial charge in [0.05, 0.1) is 5.52 Å². The van der Waals surface area contributed by atoms with Crippen molar-refractivity contribution in [2.24, 2.45) is 0 Å². The highest BCUT2D eigenvalue weighted by Crippen LogP contribution is 2.26. The molecule has 1 aromatic carbocycles. The predicted molar refractivity (Wildman–Crippen MR) is 78.8 cm³/mol. The molecule has 4 heteroatoms. The number of hydrogen-bond acceptors (Lipinski definition) is 4. The van der Waals surface area contributed by atoms with Crippen molar-refractivity contribution in [3.8, 4) is 11.5 Å². The normalized spacial score (nSPS) is 10.7. The summed E-state index contributed by atoms with van der Waals surface area (Å²) in [5.41, 5.74) is 1.95. The van der Waals surface area contributed by atoms with Crippen LogP contribution in [0.15, 0.2) is 55.0 Å². The molecule has 20 heavy (non-hydrogen) atoms. The first-order chi connectivity index (χ1) is 9.86. The molecule has 2 aromatic heterocycles. The summed E-state index contributed by atoms with van der Waals surface area (Å²) in [6.07, 6.45) is 5.32. The number of fused-ring (bicyclic) bond motifs is 1. The second-order valence-corrected chi connectivity index (χ2v) is 4.47. The fourth-order valence-electron chi connectivity index (χ4n) is 2.07. The number of nitrogens with one attached hydrogen (secondary N) is 1. The number of ether oxygens (including phenoxy) is 1. The Morgan fingerprint density at radius 3 is 3.00 bits per heavy atom. The van der Waals surface area contributed by atoms with Gasteiger partial charge in [-0.3, -0.25) is 9.97 Å². The molecule has 0 spiro atoms. The molecule has 0 unspecified atom stereocenters. The lowest BCUT2D eigenvalue weighted by molar-refractivity contribution is 0.474. The van der Waals surface area contributed by atoms with E-state index in [2.05, 4.69) is 15.3 Å². The van der Waals surface area contributed by atoms with Gasteiger partial charge < -0.3 is 10.1 Å². The van der Waals surface area contributed by atoms with Crippen LogP contribution in [-0.2, 0) is 6.54 Å². The summed E-state index contributed by atoms with van der Waals surface area (Å²) in [6.45, 7) is 0.717. The predicted octanol–water partition coefficient (Wildman–Crippen LogP) is 3.14. The summed E-state index contributed by atoms with van der Waals surface area (Å²) < 4.78 is 5.95. The van der Waals surface area contributed by atoms with Crippen LogP contribution in [0, 0.1) is 0 Å². The summed E-state index contributed by atoms with van der Waals surface area (Å²) in [5.74, 6) is 1.59. The molecular weight excluding hydrogens is 250 g/mol. The lowest BCUT2D eigenvalue weighted by Gasteiger charge is -2.10. The molecule has 4 nitrogen and oxygen atoms in total. The first kappa shape index (κ1) is 12.6. The highest BCUT2D eigenvalue weighted by atomic mass is 16.5. The third-order valence-electron chi connectivity index (χ3n) is 3.03. The van der Waals surface area contributed by atoms with E-state index in [0.29, 0.717) is 0 Å². The smallest absolute Gasteiger partial charge is 0.134 e. The molecule has 0 atom stereocenters. The summed E-state index contributed by atoms with van der Waals surface area (Å²) in [5, 5.41) is 4.21. The Morgan fingerprint density at radius 1 is 1.15 bits per heavy atom. The van der Waals surface area contributed by atoms with Crippen LogP contribution in [0.3, 0.4) is 0 Å². The minimum absolute atomic E-state index is 0.717. The molecule has 3 aromatic rings. The first-order valence-electron chi connectivity index (χ1n) is 6.47. The lowest BCUT2D eigenvalue weighted by atomic mass is 10.2. The van der Waals surface area contributed by atoms with E-state index in [1.54, 1.807) is 12.4 Å². The molecule has 0 fully saturated rings. The van der Waals surface area contributed by atoms with Crippen LogP contribution < -0.4 is 10.1 Å². The van der Waals surface area contributed by atoms with Crippen molar-refractivity contribution in [1.29, 1.82) is 0 Å². The fourth-order valence-corrected chi connectivity index (χ4v) is 2.07. The van der Waals surface area contributed by atoms with Gasteiger partial charge in [0.25, 0.3) is 0 Å². The van der Waals surface area contributed by atoms with E-state index in [9.17, 15) is 0 Å². The summed E-state index contributed by atoms with van der Waals surface area (Å²) >= 11 is 0. The van der Waals surface area contributed by atoms with Crippen LogP contribution in [0.4, 0.5) is 0 Å². The molecule has 0 aliphatic heterocycles. The standard InChI is InChI=1S/C16H15N3O/c1-17-10-13-11-18-8-6-16(13)20-14-5-4-12-3-2-7-19-15(12)9-14/h2-9,11,17H,10H2,1H3. The Bertz CT molecular complexity index is 727. The molecule has 3 rings (SSSR count). The van der Waals surface area contributed by atoms with E-state index in [1.165, 1.54) is 0 Å². The van der Waals surface area contributed by atoms with Crippen LogP contribution in [-0.4, -0.2) is 17.0 Å². The maximum absolute atomic E-state index is 5.95. The zero-order valence-corrected chi connectivity index (χ0v) is 11.2. The van der Waals surface area contributed by atoms with Crippen molar-refractivity contribution >= 4 is 10.9 Å². The molecule has 0 aliphatic rings. The van der Waals surface area contributed by atoms with Crippen molar-refractivity contribution in [3.63, 3.8) is 0 Å². The van der Waals surface area contributed by atoms with Crippen LogP contribution in [0.5, 0.6) is 11.5 Å². The van der Waals surface area contributed by atoms with E-state index in [1.807, 2.05) is 49.6 Å². The number of pyridine rings is 2. The van der Waals surface area contributed by atoms with Crippen molar-refractivity contribution in [2.45, 2.75) is 6.54 Å². The average Bonchev–Trinajstić information content (AvgIpc) is 2.49. The van der Waals surface area contributed by atoms with E-state index in [0.717, 1.165) is 34.5 Å². The van der Waals surface area contributed by atoms with Crippen LogP contribution in [0.1, 0.15) is 5.56 Å². The number of aromatic nitrogens is 2. The highest BCUT2D eigenvalue weighted by Gasteiger charge is 2.05. The van der Waals surface area contributed by atoms with Gasteiger partial charge in [-0.05, 0) is 31.3 Å². The molecule has 0 bridgehead atoms. The molecule has 1 N–H and O–H groups in total. The van der Waals surface area contributed by atoms with Gasteiger partial charge in [-0.2, -0.15) is 0 Å². The first-order valence-corrected chi connectivity index (χ1v) is 6.47. The van der Waals surface area contributed by atoms with Gasteiger partial charge >= 0.3 is 0 Å². The number of rotatable bonds is 4. The summed E-state index contributed by atoms with van der Waals surface area (Å²) in [4.78, 5) is 8.46. The monoisotopic (exact) mass is 265 g/mol. The van der Waals surface area contributed by atoms with Crippen molar-refractivity contribution < 1.29 is 4.74 Å². The van der Waals surface area contributed by atoms with Gasteiger partial charge in [-0.1, -0.05) is 6.07 Å². The van der Waals surface area contributed by atoms with E-state index in [-0.39, 0.29) is 0 Å². The summed E-state index contributed by atoms with van der Waals surface area (Å²) in [7, 11) is 1.90. The minimum atomic E-state index is 0.717. The van der Waals surface area contributed by atoms with Gasteiger partial charge in [0.2, 0.25) is 0 Å². The second kappa shape index (κ2) is 5.67. The largest absolute Gasteiger partial charge is 0.457 e. The Morgan fingerprint density at radius 2 is 2.10 bits per heavy atom. The van der Waals surface area contributed by atoms with Gasteiger partial charge in [0.15, 0.2) is 0 Å². The summed E-state index contributed by atoms with van der Waals surface area (Å²) in [6, 6.07) is 11.7. The van der Waals surface area contributed by atoms with Gasteiger partial charge in [-0.15, -0.1) is 0 Å². The third-order valence-corrected chi connectivity index (χ3v) is 3.03. The number of benzene rings is 1. The quantitative estimate of drug-likeness (QED) is 0.787. The third kappa shape index (κ3) is 2.60. The van der Waals surface area contributed by atoms with Gasteiger partial charge in [0, 0.05) is 42.2 Å². The Hall–Kier alpha value is -2.46. The topological polar surface area (TPSA) is 47.0 Å². The molecule has 0 aliphatic carbocycles. The van der Waals surface area contributed by atoms with E-state index >= 15 is 0 Å². The van der Waals surface area contributed by atoms with Crippen LogP contribution >= 0.6 is 0 Å². The Balaban J connectivity index is 1.93. The Kier molecular flexibility index (Phi) is 3.56. The van der Waals surface area contributed by atoms with Gasteiger partial charge in [-0.25, -0.2) is 0 Å². The second-order valence-electron chi connectivity index (χ2n) is 4.47. The zero-order chi connectivity index (χ0) is 13.8. The van der Waals surface area contributed by atoms with Crippen LogP contribution in [0.2, 0.25) is 0 Å². The maximum atomic E-state index is 5.95. The molecule has 2 heterocycles. The van der Waals surface area contributed by atoms with Crippen LogP contribution in [0.25, 0.3) is 10.9 Å².